The molecule has 1 aliphatic heterocycles. The molecule has 27 heavy (non-hydrogen) atoms. The van der Waals surface area contributed by atoms with Gasteiger partial charge in [-0.2, -0.15) is 5.10 Å². The number of hydrogen-bond donors (Lipinski definition) is 1. The molecule has 1 aromatic carbocycles. The van der Waals surface area contributed by atoms with Crippen LogP contribution in [0.25, 0.3) is 0 Å². The number of hydrogen-bond acceptors (Lipinski definition) is 4. The Kier molecular flexibility index (Phi) is 5.20. The molecule has 0 bridgehead atoms. The zero-order valence-electron chi connectivity index (χ0n) is 15.7. The number of piperidine rings is 1. The molecule has 1 unspecified atom stereocenters. The molecule has 0 spiro atoms. The second-order valence-corrected chi connectivity index (χ2v) is 7.04. The smallest absolute Gasteiger partial charge is 0.329 e. The molecule has 1 atom stereocenters. The summed E-state index contributed by atoms with van der Waals surface area (Å²) < 4.78 is 5.45. The van der Waals surface area contributed by atoms with Crippen molar-refractivity contribution in [2.75, 3.05) is 13.1 Å². The van der Waals surface area contributed by atoms with E-state index in [1.807, 2.05) is 35.9 Å². The predicted octanol–water partition coefficient (Wildman–Crippen LogP) is 1.82. The van der Waals surface area contributed by atoms with Crippen LogP contribution in [0.3, 0.4) is 0 Å². The zero-order chi connectivity index (χ0) is 18.6. The van der Waals surface area contributed by atoms with Gasteiger partial charge in [-0.15, -0.1) is 0 Å². The van der Waals surface area contributed by atoms with E-state index in [0.29, 0.717) is 19.0 Å². The average molecular weight is 366 g/mol. The number of nitrogens with zero attached hydrogens (tertiary/aromatic N) is 5. The van der Waals surface area contributed by atoms with Gasteiger partial charge in [0.05, 0.1) is 0 Å². The minimum Gasteiger partial charge on any atom is -0.329 e. The highest BCUT2D eigenvalue weighted by Gasteiger charge is 2.23. The predicted molar refractivity (Wildman–Crippen MR) is 104 cm³/mol. The van der Waals surface area contributed by atoms with Crippen LogP contribution in [0.15, 0.2) is 47.5 Å². The van der Waals surface area contributed by atoms with E-state index in [1.54, 1.807) is 10.9 Å². The van der Waals surface area contributed by atoms with Crippen molar-refractivity contribution in [3.05, 3.63) is 70.4 Å². The highest BCUT2D eigenvalue weighted by atomic mass is 16.2. The Morgan fingerprint density at radius 2 is 2.07 bits per heavy atom. The molecule has 0 amide bonds. The Morgan fingerprint density at radius 3 is 2.81 bits per heavy atom. The van der Waals surface area contributed by atoms with Crippen LogP contribution in [0.2, 0.25) is 0 Å². The fraction of sp³-hybridized carbons (Fsp3) is 0.450. The Morgan fingerprint density at radius 1 is 1.22 bits per heavy atom. The first kappa shape index (κ1) is 17.7. The first-order valence-corrected chi connectivity index (χ1v) is 9.68. The summed E-state index contributed by atoms with van der Waals surface area (Å²) in [5.41, 5.74) is 1.16. The summed E-state index contributed by atoms with van der Waals surface area (Å²) in [5, 5.41) is 8.12. The lowest BCUT2D eigenvalue weighted by atomic mass is 9.99. The van der Waals surface area contributed by atoms with Gasteiger partial charge in [-0.1, -0.05) is 30.3 Å². The molecular weight excluding hydrogens is 340 g/mol. The molecule has 0 radical (unpaired) electrons. The quantitative estimate of drug-likeness (QED) is 0.723. The molecule has 4 rings (SSSR count). The molecule has 1 aliphatic rings. The van der Waals surface area contributed by atoms with Crippen LogP contribution >= 0.6 is 0 Å². The molecular formula is C20H26N6O. The van der Waals surface area contributed by atoms with Gasteiger partial charge in [-0.05, 0) is 31.9 Å². The lowest BCUT2D eigenvalue weighted by molar-refractivity contribution is 0.431. The summed E-state index contributed by atoms with van der Waals surface area (Å²) in [4.78, 5) is 17.3. The van der Waals surface area contributed by atoms with E-state index >= 15 is 0 Å². The van der Waals surface area contributed by atoms with Gasteiger partial charge in [-0.25, -0.2) is 14.5 Å². The van der Waals surface area contributed by atoms with Crippen LogP contribution in [0.4, 0.5) is 0 Å². The van der Waals surface area contributed by atoms with Crippen molar-refractivity contribution >= 4 is 0 Å². The summed E-state index contributed by atoms with van der Waals surface area (Å²) in [6.45, 7) is 5.70. The number of imidazole rings is 1. The van der Waals surface area contributed by atoms with E-state index < -0.39 is 0 Å². The maximum absolute atomic E-state index is 12.9. The first-order chi connectivity index (χ1) is 13.3. The van der Waals surface area contributed by atoms with E-state index in [9.17, 15) is 4.79 Å². The van der Waals surface area contributed by atoms with Crippen molar-refractivity contribution in [1.82, 2.24) is 29.2 Å². The number of benzene rings is 1. The Balaban J connectivity index is 1.59. The third kappa shape index (κ3) is 3.73. The molecule has 3 aromatic rings. The summed E-state index contributed by atoms with van der Waals surface area (Å²) in [6, 6.07) is 10.3. The maximum Gasteiger partial charge on any atom is 0.346 e. The highest BCUT2D eigenvalue weighted by Crippen LogP contribution is 2.20. The van der Waals surface area contributed by atoms with Gasteiger partial charge in [-0.3, -0.25) is 4.57 Å². The van der Waals surface area contributed by atoms with Crippen LogP contribution < -0.4 is 11.0 Å². The number of rotatable bonds is 6. The Labute approximate surface area is 158 Å². The van der Waals surface area contributed by atoms with Crippen molar-refractivity contribution in [2.24, 2.45) is 0 Å². The standard InChI is InChI=1S/C20H26N6O/c1-2-25-19(17-9-6-10-21-13-17)23-26(20(25)27)15-18-22-11-12-24(18)14-16-7-4-3-5-8-16/h3-5,7-8,11-12,17,21H,2,6,9-10,13-15H2,1H3. The van der Waals surface area contributed by atoms with Gasteiger partial charge in [0.2, 0.25) is 0 Å². The van der Waals surface area contributed by atoms with Crippen LogP contribution in [0.1, 0.15) is 42.9 Å². The number of nitrogens with one attached hydrogen (secondary N) is 1. The molecule has 0 aliphatic carbocycles. The summed E-state index contributed by atoms with van der Waals surface area (Å²) >= 11 is 0. The monoisotopic (exact) mass is 366 g/mol. The van der Waals surface area contributed by atoms with E-state index in [0.717, 1.165) is 44.1 Å². The fourth-order valence-corrected chi connectivity index (χ4v) is 3.78. The maximum atomic E-state index is 12.9. The van der Waals surface area contributed by atoms with Gasteiger partial charge in [0.15, 0.2) is 0 Å². The van der Waals surface area contributed by atoms with Crippen molar-refractivity contribution < 1.29 is 0 Å². The molecule has 3 heterocycles. The summed E-state index contributed by atoms with van der Waals surface area (Å²) in [6.07, 6.45) is 5.94. The van der Waals surface area contributed by atoms with Crippen LogP contribution in [-0.4, -0.2) is 37.0 Å². The van der Waals surface area contributed by atoms with Crippen LogP contribution in [0.5, 0.6) is 0 Å². The molecule has 2 aromatic heterocycles. The lowest BCUT2D eigenvalue weighted by Crippen LogP contribution is -2.31. The highest BCUT2D eigenvalue weighted by molar-refractivity contribution is 5.16. The lowest BCUT2D eigenvalue weighted by Gasteiger charge is -2.21. The minimum atomic E-state index is -0.0488. The van der Waals surface area contributed by atoms with Gasteiger partial charge >= 0.3 is 5.69 Å². The normalized spacial score (nSPS) is 17.3. The second kappa shape index (κ2) is 7.92. The molecule has 1 fully saturated rings. The molecule has 1 saturated heterocycles. The van der Waals surface area contributed by atoms with Crippen molar-refractivity contribution in [1.29, 1.82) is 0 Å². The van der Waals surface area contributed by atoms with E-state index in [1.165, 1.54) is 5.56 Å². The average Bonchev–Trinajstić information content (AvgIpc) is 3.28. The molecule has 142 valence electrons. The third-order valence-corrected chi connectivity index (χ3v) is 5.22. The first-order valence-electron chi connectivity index (χ1n) is 9.68. The zero-order valence-corrected chi connectivity index (χ0v) is 15.7. The summed E-state index contributed by atoms with van der Waals surface area (Å²) in [7, 11) is 0. The van der Waals surface area contributed by atoms with Gasteiger partial charge in [0.1, 0.15) is 18.2 Å². The third-order valence-electron chi connectivity index (χ3n) is 5.22. The topological polar surface area (TPSA) is 69.7 Å². The second-order valence-electron chi connectivity index (χ2n) is 7.04. The SMILES string of the molecule is CCn1c(C2CCCNC2)nn(Cc2nccn2Cc2ccccc2)c1=O. The molecule has 7 nitrogen and oxygen atoms in total. The van der Waals surface area contributed by atoms with E-state index in [-0.39, 0.29) is 5.69 Å². The van der Waals surface area contributed by atoms with Crippen LogP contribution in [-0.2, 0) is 19.6 Å². The minimum absolute atomic E-state index is 0.0488. The summed E-state index contributed by atoms with van der Waals surface area (Å²) in [5.74, 6) is 2.04. The fourth-order valence-electron chi connectivity index (χ4n) is 3.78. The van der Waals surface area contributed by atoms with E-state index in [2.05, 4.69) is 27.0 Å². The van der Waals surface area contributed by atoms with E-state index in [4.69, 9.17) is 5.10 Å². The number of aromatic nitrogens is 5. The van der Waals surface area contributed by atoms with Crippen molar-refractivity contribution in [3.63, 3.8) is 0 Å². The van der Waals surface area contributed by atoms with Gasteiger partial charge < -0.3 is 9.88 Å². The van der Waals surface area contributed by atoms with Gasteiger partial charge in [0.25, 0.3) is 0 Å². The Hall–Kier alpha value is -2.67. The molecule has 1 N–H and O–H groups in total. The van der Waals surface area contributed by atoms with Crippen molar-refractivity contribution in [3.8, 4) is 0 Å². The molecule has 0 saturated carbocycles. The Bertz CT molecular complexity index is 933. The largest absolute Gasteiger partial charge is 0.346 e. The van der Waals surface area contributed by atoms with Crippen molar-refractivity contribution in [2.45, 2.75) is 45.3 Å². The van der Waals surface area contributed by atoms with Gasteiger partial charge in [0, 0.05) is 37.9 Å². The van der Waals surface area contributed by atoms with Crippen LogP contribution in [0, 0.1) is 0 Å². The molecule has 7 heteroatoms.